The zero-order valence-corrected chi connectivity index (χ0v) is 17.7. The Morgan fingerprint density at radius 2 is 1.65 bits per heavy atom. The molecule has 5 nitrogen and oxygen atoms in total. The lowest BCUT2D eigenvalue weighted by atomic mass is 10.0. The fourth-order valence-electron chi connectivity index (χ4n) is 3.89. The van der Waals surface area contributed by atoms with Gasteiger partial charge < -0.3 is 9.64 Å². The minimum absolute atomic E-state index is 0.0397. The Bertz CT molecular complexity index is 1150. The van der Waals surface area contributed by atoms with E-state index in [1.807, 2.05) is 31.2 Å². The van der Waals surface area contributed by atoms with Gasteiger partial charge in [0.25, 0.3) is 11.5 Å². The summed E-state index contributed by atoms with van der Waals surface area (Å²) >= 11 is 0. The summed E-state index contributed by atoms with van der Waals surface area (Å²) in [5.41, 5.74) is 2.00. The van der Waals surface area contributed by atoms with E-state index in [1.54, 1.807) is 24.1 Å². The summed E-state index contributed by atoms with van der Waals surface area (Å²) in [6.07, 6.45) is 3.07. The number of aromatic nitrogens is 1. The molecule has 0 unspecified atom stereocenters. The summed E-state index contributed by atoms with van der Waals surface area (Å²) < 4.78 is 20.8. The molecule has 0 bridgehead atoms. The molecule has 160 valence electrons. The molecule has 0 radical (unpaired) electrons. The van der Waals surface area contributed by atoms with Gasteiger partial charge in [-0.15, -0.1) is 0 Å². The molecule has 1 aliphatic heterocycles. The lowest BCUT2D eigenvalue weighted by Gasteiger charge is -2.32. The van der Waals surface area contributed by atoms with Crippen molar-refractivity contribution >= 4 is 5.91 Å². The van der Waals surface area contributed by atoms with Gasteiger partial charge in [-0.1, -0.05) is 18.2 Å². The lowest BCUT2D eigenvalue weighted by molar-refractivity contribution is 0.0591. The first-order valence-corrected chi connectivity index (χ1v) is 10.4. The molecule has 31 heavy (non-hydrogen) atoms. The van der Waals surface area contributed by atoms with E-state index in [2.05, 4.69) is 0 Å². The topological polar surface area (TPSA) is 51.5 Å². The van der Waals surface area contributed by atoms with Crippen molar-refractivity contribution in [3.05, 3.63) is 93.7 Å². The van der Waals surface area contributed by atoms with Crippen LogP contribution in [-0.2, 0) is 0 Å². The number of hydrogen-bond donors (Lipinski definition) is 0. The van der Waals surface area contributed by atoms with E-state index in [0.717, 1.165) is 11.3 Å². The summed E-state index contributed by atoms with van der Waals surface area (Å²) in [6.45, 7) is 4.83. The van der Waals surface area contributed by atoms with Gasteiger partial charge in [0.15, 0.2) is 0 Å². The molecule has 2 heterocycles. The maximum Gasteiger partial charge on any atom is 0.268 e. The van der Waals surface area contributed by atoms with Crippen molar-refractivity contribution in [1.29, 1.82) is 0 Å². The number of rotatable bonds is 4. The Kier molecular flexibility index (Phi) is 5.89. The van der Waals surface area contributed by atoms with E-state index in [4.69, 9.17) is 4.74 Å². The van der Waals surface area contributed by atoms with Crippen molar-refractivity contribution in [1.82, 2.24) is 9.47 Å². The van der Waals surface area contributed by atoms with Crippen molar-refractivity contribution in [2.24, 2.45) is 0 Å². The van der Waals surface area contributed by atoms with Crippen molar-refractivity contribution in [3.63, 3.8) is 0 Å². The van der Waals surface area contributed by atoms with Gasteiger partial charge in [0, 0.05) is 37.8 Å². The smallest absolute Gasteiger partial charge is 0.268 e. The van der Waals surface area contributed by atoms with Gasteiger partial charge in [0.1, 0.15) is 23.2 Å². The normalized spacial score (nSPS) is 14.5. The number of hydrogen-bond acceptors (Lipinski definition) is 3. The van der Waals surface area contributed by atoms with E-state index in [0.29, 0.717) is 37.2 Å². The second kappa shape index (κ2) is 8.76. The highest BCUT2D eigenvalue weighted by Gasteiger charge is 2.28. The molecular formula is C25H25FN2O3. The van der Waals surface area contributed by atoms with Crippen LogP contribution >= 0.6 is 0 Å². The third-order valence-electron chi connectivity index (χ3n) is 5.74. The monoisotopic (exact) mass is 420 g/mol. The molecule has 1 fully saturated rings. The number of amides is 1. The van der Waals surface area contributed by atoms with E-state index < -0.39 is 5.56 Å². The van der Waals surface area contributed by atoms with Crippen LogP contribution in [0.25, 0.3) is 5.69 Å². The van der Waals surface area contributed by atoms with Gasteiger partial charge in [-0.2, -0.15) is 0 Å². The van der Waals surface area contributed by atoms with Crippen LogP contribution in [0.5, 0.6) is 5.75 Å². The summed E-state index contributed by atoms with van der Waals surface area (Å²) in [5, 5.41) is 0. The van der Waals surface area contributed by atoms with Gasteiger partial charge in [-0.3, -0.25) is 14.2 Å². The predicted molar refractivity (Wildman–Crippen MR) is 117 cm³/mol. The summed E-state index contributed by atoms with van der Waals surface area (Å²) in [4.78, 5) is 28.0. The molecule has 3 aromatic rings. The largest absolute Gasteiger partial charge is 0.490 e. The lowest BCUT2D eigenvalue weighted by Crippen LogP contribution is -2.44. The van der Waals surface area contributed by atoms with Crippen molar-refractivity contribution < 1.29 is 13.9 Å². The van der Waals surface area contributed by atoms with Crippen molar-refractivity contribution in [2.45, 2.75) is 32.8 Å². The number of carbonyl (C=O) groups excluding carboxylic acids is 1. The van der Waals surface area contributed by atoms with Crippen LogP contribution in [0, 0.1) is 19.7 Å². The number of piperidine rings is 1. The predicted octanol–water partition coefficient (Wildman–Crippen LogP) is 4.28. The first-order chi connectivity index (χ1) is 14.9. The van der Waals surface area contributed by atoms with E-state index in [9.17, 15) is 14.0 Å². The van der Waals surface area contributed by atoms with Crippen LogP contribution in [-0.4, -0.2) is 34.6 Å². The Morgan fingerprint density at radius 1 is 0.968 bits per heavy atom. The fraction of sp³-hybridized carbons (Fsp3) is 0.280. The van der Waals surface area contributed by atoms with E-state index in [1.165, 1.54) is 28.8 Å². The summed E-state index contributed by atoms with van der Waals surface area (Å²) in [6, 6.07) is 15.3. The highest BCUT2D eigenvalue weighted by Crippen LogP contribution is 2.23. The first kappa shape index (κ1) is 20.8. The molecule has 2 aromatic carbocycles. The third kappa shape index (κ3) is 4.38. The zero-order chi connectivity index (χ0) is 22.0. The zero-order valence-electron chi connectivity index (χ0n) is 17.7. The van der Waals surface area contributed by atoms with Crippen LogP contribution in [0.1, 0.15) is 34.3 Å². The Hall–Kier alpha value is -3.41. The summed E-state index contributed by atoms with van der Waals surface area (Å²) in [7, 11) is 0. The number of para-hydroxylation sites is 1. The average molecular weight is 420 g/mol. The molecule has 1 saturated heterocycles. The van der Waals surface area contributed by atoms with Gasteiger partial charge in [0.2, 0.25) is 0 Å². The number of aryl methyl sites for hydroxylation is 2. The number of benzene rings is 2. The molecule has 1 aliphatic rings. The number of ether oxygens (including phenoxy) is 1. The molecule has 0 N–H and O–H groups in total. The molecule has 0 spiro atoms. The van der Waals surface area contributed by atoms with Crippen molar-refractivity contribution in [2.75, 3.05) is 13.1 Å². The number of carbonyl (C=O) groups is 1. The van der Waals surface area contributed by atoms with E-state index >= 15 is 0 Å². The SMILES string of the molecule is Cc1ccccc1OC1CCN(C(=O)c2c(C)ccn(-c3ccc(F)cc3)c2=O)CC1. The van der Waals surface area contributed by atoms with Crippen LogP contribution < -0.4 is 10.3 Å². The molecule has 1 amide bonds. The van der Waals surface area contributed by atoms with Crippen molar-refractivity contribution in [3.8, 4) is 11.4 Å². The fourth-order valence-corrected chi connectivity index (χ4v) is 3.89. The third-order valence-corrected chi connectivity index (χ3v) is 5.74. The second-order valence-electron chi connectivity index (χ2n) is 7.90. The maximum absolute atomic E-state index is 13.3. The first-order valence-electron chi connectivity index (χ1n) is 10.4. The molecule has 0 aliphatic carbocycles. The van der Waals surface area contributed by atoms with Gasteiger partial charge in [-0.25, -0.2) is 4.39 Å². The minimum atomic E-state index is -0.394. The van der Waals surface area contributed by atoms with Crippen LogP contribution in [0.4, 0.5) is 4.39 Å². The molecular weight excluding hydrogens is 395 g/mol. The molecule has 1 aromatic heterocycles. The number of nitrogens with zero attached hydrogens (tertiary/aromatic N) is 2. The maximum atomic E-state index is 13.3. The second-order valence-corrected chi connectivity index (χ2v) is 7.90. The minimum Gasteiger partial charge on any atom is -0.490 e. The average Bonchev–Trinajstić information content (AvgIpc) is 2.77. The molecule has 0 atom stereocenters. The Balaban J connectivity index is 1.50. The van der Waals surface area contributed by atoms with E-state index in [-0.39, 0.29) is 23.4 Å². The summed E-state index contributed by atoms with van der Waals surface area (Å²) in [5.74, 6) is 0.220. The number of pyridine rings is 1. The van der Waals surface area contributed by atoms with Gasteiger partial charge in [-0.05, 0) is 61.4 Å². The number of halogens is 1. The molecule has 4 rings (SSSR count). The Labute approximate surface area is 180 Å². The van der Waals surface area contributed by atoms with Gasteiger partial charge in [0.05, 0.1) is 0 Å². The Morgan fingerprint density at radius 3 is 2.32 bits per heavy atom. The number of likely N-dealkylation sites (tertiary alicyclic amines) is 1. The van der Waals surface area contributed by atoms with Crippen LogP contribution in [0.2, 0.25) is 0 Å². The quantitative estimate of drug-likeness (QED) is 0.633. The standard InChI is InChI=1S/C25H25FN2O3/c1-17-5-3-4-6-22(17)31-21-12-14-27(15-13-21)24(29)23-18(2)11-16-28(25(23)30)20-9-7-19(26)8-10-20/h3-11,16,21H,12-15H2,1-2H3. The highest BCUT2D eigenvalue weighted by molar-refractivity contribution is 5.95. The van der Waals surface area contributed by atoms with Gasteiger partial charge >= 0.3 is 0 Å². The van der Waals surface area contributed by atoms with Crippen LogP contribution in [0.15, 0.2) is 65.6 Å². The molecule has 6 heteroatoms. The van der Waals surface area contributed by atoms with Crippen LogP contribution in [0.3, 0.4) is 0 Å². The molecule has 0 saturated carbocycles. The highest BCUT2D eigenvalue weighted by atomic mass is 19.1.